The molecule has 0 aromatic rings. The van der Waals surface area contributed by atoms with E-state index in [1.54, 1.807) is 0 Å². The summed E-state index contributed by atoms with van der Waals surface area (Å²) in [7, 11) is -4.33. The maximum absolute atomic E-state index is 10.5. The first kappa shape index (κ1) is 13.1. The summed E-state index contributed by atoms with van der Waals surface area (Å²) in [6.07, 6.45) is 0. The molecule has 0 bridgehead atoms. The molecular weight excluding hydrogens is 191 g/mol. The van der Waals surface area contributed by atoms with Crippen molar-refractivity contribution in [2.24, 2.45) is 10.8 Å². The molecule has 0 atom stereocenters. The van der Waals surface area contributed by atoms with Gasteiger partial charge in [-0.2, -0.15) is 0 Å². The third-order valence-corrected chi connectivity index (χ3v) is 3.09. The van der Waals surface area contributed by atoms with Gasteiger partial charge >= 0.3 is 7.82 Å². The van der Waals surface area contributed by atoms with Gasteiger partial charge in [0.1, 0.15) is 0 Å². The fourth-order valence-electron chi connectivity index (χ4n) is 0.462. The largest absolute Gasteiger partial charge is 0.469 e. The molecule has 80 valence electrons. The molecule has 0 aliphatic rings. The highest BCUT2D eigenvalue weighted by Crippen LogP contribution is 2.43. The first-order valence-corrected chi connectivity index (χ1v) is 5.69. The van der Waals surface area contributed by atoms with Crippen molar-refractivity contribution in [3.63, 3.8) is 0 Å². The molecule has 0 radical (unpaired) electrons. The molecule has 0 aromatic heterocycles. The fourth-order valence-corrected chi connectivity index (χ4v) is 0.953. The molecular formula is C8H19O4P. The van der Waals surface area contributed by atoms with E-state index < -0.39 is 7.82 Å². The van der Waals surface area contributed by atoms with Crippen LogP contribution in [0, 0.1) is 10.8 Å². The molecule has 5 heteroatoms. The Labute approximate surface area is 79.5 Å². The molecule has 0 saturated heterocycles. The third kappa shape index (κ3) is 4.77. The van der Waals surface area contributed by atoms with Gasteiger partial charge in [0.25, 0.3) is 0 Å². The van der Waals surface area contributed by atoms with Crippen LogP contribution in [-0.4, -0.2) is 16.4 Å². The Balaban J connectivity index is 4.29. The second-order valence-corrected chi connectivity index (χ2v) is 6.14. The lowest BCUT2D eigenvalue weighted by Crippen LogP contribution is -2.33. The first-order chi connectivity index (χ1) is 5.46. The summed E-state index contributed by atoms with van der Waals surface area (Å²) in [4.78, 5) is 17.1. The van der Waals surface area contributed by atoms with Crippen molar-refractivity contribution in [3.05, 3.63) is 0 Å². The standard InChI is InChI=1S/C8H19O4P/c1-7(2,3)8(4,5)6-12-13(9,10)11/h6H2,1-5H3,(H2,9,10,11). The Kier molecular flexibility index (Phi) is 3.73. The van der Waals surface area contributed by atoms with E-state index in [0.717, 1.165) is 0 Å². The molecule has 4 nitrogen and oxygen atoms in total. The lowest BCUT2D eigenvalue weighted by atomic mass is 9.70. The quantitative estimate of drug-likeness (QED) is 0.700. The zero-order valence-corrected chi connectivity index (χ0v) is 9.76. The maximum atomic E-state index is 10.5. The fraction of sp³-hybridized carbons (Fsp3) is 1.00. The van der Waals surface area contributed by atoms with Crippen LogP contribution in [-0.2, 0) is 9.09 Å². The van der Waals surface area contributed by atoms with E-state index in [4.69, 9.17) is 9.79 Å². The lowest BCUT2D eigenvalue weighted by Gasteiger charge is -2.38. The van der Waals surface area contributed by atoms with Crippen molar-refractivity contribution in [1.82, 2.24) is 0 Å². The molecule has 13 heavy (non-hydrogen) atoms. The van der Waals surface area contributed by atoms with Gasteiger partial charge in [-0.15, -0.1) is 0 Å². The Morgan fingerprint density at radius 3 is 1.77 bits per heavy atom. The van der Waals surface area contributed by atoms with Crippen molar-refractivity contribution in [3.8, 4) is 0 Å². The van der Waals surface area contributed by atoms with E-state index in [1.807, 2.05) is 34.6 Å². The molecule has 0 aromatic carbocycles. The first-order valence-electron chi connectivity index (χ1n) is 4.16. The predicted octanol–water partition coefficient (Wildman–Crippen LogP) is 2.17. The van der Waals surface area contributed by atoms with Gasteiger partial charge in [0, 0.05) is 0 Å². The van der Waals surface area contributed by atoms with Gasteiger partial charge in [0.15, 0.2) is 0 Å². The summed E-state index contributed by atoms with van der Waals surface area (Å²) in [6, 6.07) is 0. The Bertz CT molecular complexity index is 211. The summed E-state index contributed by atoms with van der Waals surface area (Å²) < 4.78 is 15.0. The summed E-state index contributed by atoms with van der Waals surface area (Å²) in [5, 5.41) is 0. The van der Waals surface area contributed by atoms with Crippen LogP contribution in [0.3, 0.4) is 0 Å². The monoisotopic (exact) mass is 210 g/mol. The van der Waals surface area contributed by atoms with E-state index in [-0.39, 0.29) is 17.4 Å². The predicted molar refractivity (Wildman–Crippen MR) is 51.2 cm³/mol. The molecule has 0 saturated carbocycles. The van der Waals surface area contributed by atoms with Crippen molar-refractivity contribution < 1.29 is 18.9 Å². The average molecular weight is 210 g/mol. The molecule has 0 rings (SSSR count). The second-order valence-electron chi connectivity index (χ2n) is 4.90. The van der Waals surface area contributed by atoms with Gasteiger partial charge in [0.05, 0.1) is 6.61 Å². The molecule has 0 spiro atoms. The van der Waals surface area contributed by atoms with E-state index in [1.165, 1.54) is 0 Å². The van der Waals surface area contributed by atoms with Crippen LogP contribution < -0.4 is 0 Å². The Morgan fingerprint density at radius 2 is 1.54 bits per heavy atom. The van der Waals surface area contributed by atoms with Gasteiger partial charge in [-0.05, 0) is 10.8 Å². The third-order valence-electron chi connectivity index (χ3n) is 2.62. The zero-order chi connectivity index (χ0) is 10.9. The summed E-state index contributed by atoms with van der Waals surface area (Å²) >= 11 is 0. The van der Waals surface area contributed by atoms with Crippen LogP contribution >= 0.6 is 7.82 Å². The molecule has 0 fully saturated rings. The molecule has 0 unspecified atom stereocenters. The molecule has 0 aliphatic heterocycles. The van der Waals surface area contributed by atoms with Crippen LogP contribution in [0.25, 0.3) is 0 Å². The molecule has 0 amide bonds. The SMILES string of the molecule is CC(C)(C)C(C)(C)COP(=O)(O)O. The lowest BCUT2D eigenvalue weighted by molar-refractivity contribution is 0.0457. The van der Waals surface area contributed by atoms with E-state index in [0.29, 0.717) is 0 Å². The smallest absolute Gasteiger partial charge is 0.303 e. The highest BCUT2D eigenvalue weighted by molar-refractivity contribution is 7.46. The number of phosphoric acid groups is 1. The maximum Gasteiger partial charge on any atom is 0.469 e. The summed E-state index contributed by atoms with van der Waals surface area (Å²) in [6.45, 7) is 9.92. The molecule has 0 heterocycles. The minimum Gasteiger partial charge on any atom is -0.303 e. The number of hydrogen-bond donors (Lipinski definition) is 2. The van der Waals surface area contributed by atoms with Gasteiger partial charge in [0.2, 0.25) is 0 Å². The van der Waals surface area contributed by atoms with Crippen molar-refractivity contribution in [1.29, 1.82) is 0 Å². The molecule has 0 aliphatic carbocycles. The minimum atomic E-state index is -4.33. The number of rotatable bonds is 3. The highest BCUT2D eigenvalue weighted by Gasteiger charge is 2.35. The van der Waals surface area contributed by atoms with Gasteiger partial charge in [-0.1, -0.05) is 34.6 Å². The highest BCUT2D eigenvalue weighted by atomic mass is 31.2. The van der Waals surface area contributed by atoms with Gasteiger partial charge < -0.3 is 9.79 Å². The minimum absolute atomic E-state index is 0.0534. The average Bonchev–Trinajstić information content (AvgIpc) is 1.79. The number of phosphoric ester groups is 1. The van der Waals surface area contributed by atoms with Crippen LogP contribution in [0.2, 0.25) is 0 Å². The Hall–Kier alpha value is 0.110. The topological polar surface area (TPSA) is 66.8 Å². The van der Waals surface area contributed by atoms with E-state index in [9.17, 15) is 4.57 Å². The van der Waals surface area contributed by atoms with Gasteiger partial charge in [-0.25, -0.2) is 4.57 Å². The summed E-state index contributed by atoms with van der Waals surface area (Å²) in [5.74, 6) is 0. The zero-order valence-electron chi connectivity index (χ0n) is 8.87. The van der Waals surface area contributed by atoms with Crippen molar-refractivity contribution in [2.45, 2.75) is 34.6 Å². The van der Waals surface area contributed by atoms with Crippen LogP contribution in [0.4, 0.5) is 0 Å². The van der Waals surface area contributed by atoms with E-state index in [2.05, 4.69) is 4.52 Å². The number of hydrogen-bond acceptors (Lipinski definition) is 2. The Morgan fingerprint density at radius 1 is 1.15 bits per heavy atom. The van der Waals surface area contributed by atoms with Crippen LogP contribution in [0.1, 0.15) is 34.6 Å². The van der Waals surface area contributed by atoms with Crippen LogP contribution in [0.5, 0.6) is 0 Å². The second kappa shape index (κ2) is 3.70. The molecule has 2 N–H and O–H groups in total. The van der Waals surface area contributed by atoms with Crippen molar-refractivity contribution in [2.75, 3.05) is 6.61 Å². The normalized spacial score (nSPS) is 14.7. The van der Waals surface area contributed by atoms with Crippen LogP contribution in [0.15, 0.2) is 0 Å². The van der Waals surface area contributed by atoms with Gasteiger partial charge in [-0.3, -0.25) is 4.52 Å². The van der Waals surface area contributed by atoms with E-state index >= 15 is 0 Å². The van der Waals surface area contributed by atoms with Crippen molar-refractivity contribution >= 4 is 7.82 Å². The summed E-state index contributed by atoms with van der Waals surface area (Å²) in [5.41, 5.74) is -0.323.